The van der Waals surface area contributed by atoms with Crippen molar-refractivity contribution in [3.63, 3.8) is 0 Å². The van der Waals surface area contributed by atoms with Crippen molar-refractivity contribution in [3.05, 3.63) is 51.9 Å². The molecule has 0 atom stereocenters. The topological polar surface area (TPSA) is 137 Å². The lowest BCUT2D eigenvalue weighted by Gasteiger charge is -2.06. The van der Waals surface area contributed by atoms with E-state index in [1.54, 1.807) is 24.3 Å². The van der Waals surface area contributed by atoms with Crippen molar-refractivity contribution in [2.24, 2.45) is 5.10 Å². The van der Waals surface area contributed by atoms with Gasteiger partial charge in [-0.1, -0.05) is 12.1 Å². The Morgan fingerprint density at radius 2 is 2.09 bits per heavy atom. The third-order valence-corrected chi connectivity index (χ3v) is 2.67. The van der Waals surface area contributed by atoms with Gasteiger partial charge < -0.3 is 14.9 Å². The van der Waals surface area contributed by atoms with Crippen molar-refractivity contribution in [2.75, 3.05) is 6.61 Å². The monoisotopic (exact) mass is 318 g/mol. The summed E-state index contributed by atoms with van der Waals surface area (Å²) in [6.07, 6.45) is 1.31. The van der Waals surface area contributed by atoms with Crippen LogP contribution in [0.25, 0.3) is 0 Å². The Labute approximate surface area is 130 Å². The minimum Gasteiger partial charge on any atom is -0.481 e. The summed E-state index contributed by atoms with van der Waals surface area (Å²) >= 11 is 0. The van der Waals surface area contributed by atoms with Crippen LogP contribution in [0, 0.1) is 0 Å². The van der Waals surface area contributed by atoms with Crippen LogP contribution in [0.5, 0.6) is 5.75 Å². The summed E-state index contributed by atoms with van der Waals surface area (Å²) in [5.41, 5.74) is 2.94. The van der Waals surface area contributed by atoms with E-state index in [0.29, 0.717) is 17.0 Å². The van der Waals surface area contributed by atoms with E-state index in [-0.39, 0.29) is 12.0 Å². The van der Waals surface area contributed by atoms with Crippen LogP contribution in [0.15, 0.2) is 40.2 Å². The minimum atomic E-state index is -1.09. The fraction of sp³-hybridized carbons (Fsp3) is 0.143. The molecule has 120 valence electrons. The number of aromatic nitrogens is 2. The summed E-state index contributed by atoms with van der Waals surface area (Å²) in [7, 11) is 0. The van der Waals surface area contributed by atoms with Crippen molar-refractivity contribution in [1.29, 1.82) is 0 Å². The molecule has 23 heavy (non-hydrogen) atoms. The number of nitrogens with one attached hydrogen (secondary N) is 3. The Balaban J connectivity index is 1.93. The smallest absolute Gasteiger partial charge is 0.341 e. The number of H-pyrrole nitrogens is 2. The summed E-state index contributed by atoms with van der Waals surface area (Å²) in [6, 6.07) is 7.95. The first-order valence-electron chi connectivity index (χ1n) is 6.56. The first kappa shape index (κ1) is 16.0. The number of aliphatic carboxylic acids is 1. The van der Waals surface area contributed by atoms with E-state index in [2.05, 4.69) is 20.7 Å². The van der Waals surface area contributed by atoms with Crippen molar-refractivity contribution in [3.8, 4) is 5.75 Å². The maximum absolute atomic E-state index is 11.6. The number of hydrogen-bond acceptors (Lipinski definition) is 5. The number of rotatable bonds is 7. The number of aromatic amines is 2. The fourth-order valence-electron chi connectivity index (χ4n) is 1.71. The number of carbonyl (C=O) groups excluding carboxylic acids is 1. The lowest BCUT2D eigenvalue weighted by molar-refractivity contribution is -0.139. The van der Waals surface area contributed by atoms with Crippen LogP contribution >= 0.6 is 0 Å². The zero-order chi connectivity index (χ0) is 16.7. The molecule has 0 unspecified atom stereocenters. The molecule has 2 rings (SSSR count). The number of ether oxygens (including phenoxy) is 1. The quantitative estimate of drug-likeness (QED) is 0.416. The molecule has 0 saturated heterocycles. The van der Waals surface area contributed by atoms with E-state index in [1.165, 1.54) is 12.3 Å². The van der Waals surface area contributed by atoms with Gasteiger partial charge in [-0.25, -0.2) is 10.2 Å². The van der Waals surface area contributed by atoms with Crippen LogP contribution < -0.4 is 15.7 Å². The zero-order valence-electron chi connectivity index (χ0n) is 11.9. The number of hydrazone groups is 1. The summed E-state index contributed by atoms with van der Waals surface area (Å²) in [6.45, 7) is -0.474. The predicted octanol–water partition coefficient (Wildman–Crippen LogP) is -0.141. The summed E-state index contributed by atoms with van der Waals surface area (Å²) < 4.78 is 5.11. The highest BCUT2D eigenvalue weighted by Gasteiger charge is 2.05. The molecule has 1 amide bonds. The van der Waals surface area contributed by atoms with Gasteiger partial charge in [-0.15, -0.1) is 0 Å². The van der Waals surface area contributed by atoms with Crippen LogP contribution in [-0.4, -0.2) is 40.0 Å². The van der Waals surface area contributed by atoms with Crippen LogP contribution in [0.1, 0.15) is 11.3 Å². The Morgan fingerprint density at radius 3 is 2.78 bits per heavy atom. The second-order valence-corrected chi connectivity index (χ2v) is 4.47. The Kier molecular flexibility index (Phi) is 5.29. The molecule has 0 fully saturated rings. The zero-order valence-corrected chi connectivity index (χ0v) is 11.9. The van der Waals surface area contributed by atoms with Gasteiger partial charge in [0.05, 0.1) is 12.6 Å². The summed E-state index contributed by atoms with van der Waals surface area (Å²) in [5.74, 6) is -1.17. The number of carboxylic acid groups (broad SMARTS) is 1. The molecule has 1 aromatic carbocycles. The molecular weight excluding hydrogens is 304 g/mol. The van der Waals surface area contributed by atoms with Gasteiger partial charge in [0.1, 0.15) is 5.75 Å². The SMILES string of the molecule is O=C(O)COc1ccccc1/C=N/NC(=O)Cc1cc(=O)[nH][nH]1. The largest absolute Gasteiger partial charge is 0.481 e. The molecule has 0 aliphatic carbocycles. The summed E-state index contributed by atoms with van der Waals surface area (Å²) in [4.78, 5) is 33.1. The van der Waals surface area contributed by atoms with Crippen LogP contribution in [-0.2, 0) is 16.0 Å². The molecule has 0 saturated carbocycles. The number of hydrogen-bond donors (Lipinski definition) is 4. The van der Waals surface area contributed by atoms with Gasteiger partial charge in [-0.3, -0.25) is 14.7 Å². The normalized spacial score (nSPS) is 10.6. The molecule has 0 bridgehead atoms. The first-order valence-corrected chi connectivity index (χ1v) is 6.56. The van der Waals surface area contributed by atoms with E-state index in [0.717, 1.165) is 0 Å². The maximum Gasteiger partial charge on any atom is 0.341 e. The van der Waals surface area contributed by atoms with Gasteiger partial charge in [-0.2, -0.15) is 5.10 Å². The standard InChI is InChI=1S/C14H14N4O5/c19-12(5-10-6-13(20)18-16-10)17-15-7-9-3-1-2-4-11(9)23-8-14(21)22/h1-4,6-7H,5,8H2,(H,17,19)(H,21,22)(H2,16,18,20)/b15-7+. The molecule has 0 aliphatic heterocycles. The third-order valence-electron chi connectivity index (χ3n) is 2.67. The average Bonchev–Trinajstić information content (AvgIpc) is 2.91. The molecule has 0 spiro atoms. The van der Waals surface area contributed by atoms with E-state index in [4.69, 9.17) is 9.84 Å². The van der Waals surface area contributed by atoms with Crippen LogP contribution in [0.2, 0.25) is 0 Å². The molecule has 2 aromatic rings. The Morgan fingerprint density at radius 1 is 1.30 bits per heavy atom. The van der Waals surface area contributed by atoms with Crippen molar-refractivity contribution >= 4 is 18.1 Å². The van der Waals surface area contributed by atoms with Gasteiger partial charge in [0.2, 0.25) is 5.91 Å². The van der Waals surface area contributed by atoms with Crippen LogP contribution in [0.4, 0.5) is 0 Å². The van der Waals surface area contributed by atoms with Crippen molar-refractivity contribution in [1.82, 2.24) is 15.6 Å². The van der Waals surface area contributed by atoms with Crippen LogP contribution in [0.3, 0.4) is 0 Å². The van der Waals surface area contributed by atoms with Gasteiger partial charge in [0, 0.05) is 17.3 Å². The molecule has 1 heterocycles. The average molecular weight is 318 g/mol. The van der Waals surface area contributed by atoms with E-state index in [1.807, 2.05) is 0 Å². The number of benzene rings is 1. The highest BCUT2D eigenvalue weighted by Crippen LogP contribution is 2.15. The maximum atomic E-state index is 11.6. The Hall–Kier alpha value is -3.36. The second kappa shape index (κ2) is 7.59. The van der Waals surface area contributed by atoms with Crippen molar-refractivity contribution < 1.29 is 19.4 Å². The van der Waals surface area contributed by atoms with E-state index >= 15 is 0 Å². The van der Waals surface area contributed by atoms with E-state index < -0.39 is 18.5 Å². The van der Waals surface area contributed by atoms with Gasteiger partial charge in [-0.05, 0) is 12.1 Å². The van der Waals surface area contributed by atoms with E-state index in [9.17, 15) is 14.4 Å². The molecule has 9 heteroatoms. The van der Waals surface area contributed by atoms with Gasteiger partial charge >= 0.3 is 5.97 Å². The Bertz CT molecular complexity index is 777. The molecular formula is C14H14N4O5. The minimum absolute atomic E-state index is 0.0345. The number of para-hydroxylation sites is 1. The lowest BCUT2D eigenvalue weighted by Crippen LogP contribution is -2.20. The molecule has 0 aliphatic rings. The van der Waals surface area contributed by atoms with Gasteiger partial charge in [0.15, 0.2) is 6.61 Å². The molecule has 9 nitrogen and oxygen atoms in total. The molecule has 0 radical (unpaired) electrons. The predicted molar refractivity (Wildman–Crippen MR) is 80.4 cm³/mol. The van der Waals surface area contributed by atoms with Gasteiger partial charge in [0.25, 0.3) is 5.56 Å². The number of carboxylic acids is 1. The molecule has 1 aromatic heterocycles. The lowest BCUT2D eigenvalue weighted by atomic mass is 10.2. The highest BCUT2D eigenvalue weighted by molar-refractivity contribution is 5.85. The number of amides is 1. The fourth-order valence-corrected chi connectivity index (χ4v) is 1.71. The van der Waals surface area contributed by atoms with Crippen molar-refractivity contribution in [2.45, 2.75) is 6.42 Å². The second-order valence-electron chi connectivity index (χ2n) is 4.47. The number of carbonyl (C=O) groups is 2. The first-order chi connectivity index (χ1) is 11.0. The molecule has 4 N–H and O–H groups in total. The number of nitrogens with zero attached hydrogens (tertiary/aromatic N) is 1. The summed E-state index contributed by atoms with van der Waals surface area (Å²) in [5, 5.41) is 17.3. The highest BCUT2D eigenvalue weighted by atomic mass is 16.5. The third kappa shape index (κ3) is 5.16.